The normalized spacial score (nSPS) is 28.2. The van der Waals surface area contributed by atoms with E-state index >= 15 is 0 Å². The van der Waals surface area contributed by atoms with Crippen molar-refractivity contribution >= 4 is 17.7 Å². The first-order valence-corrected chi connectivity index (χ1v) is 9.06. The van der Waals surface area contributed by atoms with Crippen molar-refractivity contribution in [1.82, 2.24) is 10.6 Å². The third-order valence-electron chi connectivity index (χ3n) is 4.19. The number of carbonyl (C=O) groups is 1. The van der Waals surface area contributed by atoms with E-state index in [1.54, 1.807) is 0 Å². The van der Waals surface area contributed by atoms with Gasteiger partial charge >= 0.3 is 0 Å². The molecule has 0 aromatic rings. The maximum Gasteiger partial charge on any atom is 0.234 e. The molecular formula is C15H28N2O2S. The second-order valence-electron chi connectivity index (χ2n) is 5.72. The average molecular weight is 300 g/mol. The maximum absolute atomic E-state index is 12.0. The molecule has 2 rings (SSSR count). The molecule has 1 amide bonds. The highest BCUT2D eigenvalue weighted by atomic mass is 32.2. The first-order chi connectivity index (χ1) is 9.79. The molecule has 0 aromatic heterocycles. The minimum Gasteiger partial charge on any atom is -0.381 e. The molecule has 1 aliphatic heterocycles. The Morgan fingerprint density at radius 3 is 2.70 bits per heavy atom. The molecule has 1 heterocycles. The number of amides is 1. The molecule has 2 atom stereocenters. The summed E-state index contributed by atoms with van der Waals surface area (Å²) >= 11 is 2.04. The van der Waals surface area contributed by atoms with E-state index in [-0.39, 0.29) is 5.91 Å². The molecule has 1 saturated heterocycles. The summed E-state index contributed by atoms with van der Waals surface area (Å²) in [6.07, 6.45) is 7.02. The van der Waals surface area contributed by atoms with Gasteiger partial charge in [-0.25, -0.2) is 0 Å². The van der Waals surface area contributed by atoms with E-state index < -0.39 is 0 Å². The van der Waals surface area contributed by atoms with Gasteiger partial charge in [0.25, 0.3) is 0 Å². The Bertz CT molecular complexity index is 294. The summed E-state index contributed by atoms with van der Waals surface area (Å²) in [6.45, 7) is 4.23. The summed E-state index contributed by atoms with van der Waals surface area (Å²) in [7, 11) is 0. The lowest BCUT2D eigenvalue weighted by Crippen LogP contribution is -2.48. The molecular weight excluding hydrogens is 272 g/mol. The zero-order chi connectivity index (χ0) is 14.2. The van der Waals surface area contributed by atoms with Crippen molar-refractivity contribution in [1.29, 1.82) is 0 Å². The SMILES string of the molecule is CCSC1CCCCC1NCC(=O)NC1CCOCC1. The van der Waals surface area contributed by atoms with Gasteiger partial charge in [0.2, 0.25) is 5.91 Å². The second-order valence-corrected chi connectivity index (χ2v) is 7.24. The summed E-state index contributed by atoms with van der Waals surface area (Å²) in [6, 6.07) is 0.819. The van der Waals surface area contributed by atoms with Crippen LogP contribution in [0.15, 0.2) is 0 Å². The van der Waals surface area contributed by atoms with E-state index in [0.717, 1.165) is 31.8 Å². The average Bonchev–Trinajstić information content (AvgIpc) is 2.48. The van der Waals surface area contributed by atoms with Gasteiger partial charge in [0.05, 0.1) is 6.54 Å². The topological polar surface area (TPSA) is 50.4 Å². The predicted molar refractivity (Wildman–Crippen MR) is 84.2 cm³/mol. The Kier molecular flexibility index (Phi) is 7.17. The monoisotopic (exact) mass is 300 g/mol. The Morgan fingerprint density at radius 1 is 1.20 bits per heavy atom. The van der Waals surface area contributed by atoms with E-state index in [4.69, 9.17) is 4.74 Å². The van der Waals surface area contributed by atoms with Gasteiger partial charge in [0.15, 0.2) is 0 Å². The van der Waals surface area contributed by atoms with Crippen molar-refractivity contribution in [3.05, 3.63) is 0 Å². The summed E-state index contributed by atoms with van der Waals surface area (Å²) in [4.78, 5) is 12.0. The van der Waals surface area contributed by atoms with Gasteiger partial charge in [0.1, 0.15) is 0 Å². The largest absolute Gasteiger partial charge is 0.381 e. The molecule has 2 fully saturated rings. The van der Waals surface area contributed by atoms with Crippen LogP contribution in [0.3, 0.4) is 0 Å². The Hall–Kier alpha value is -0.260. The van der Waals surface area contributed by atoms with Crippen LogP contribution in [0.2, 0.25) is 0 Å². The minimum absolute atomic E-state index is 0.141. The van der Waals surface area contributed by atoms with E-state index in [9.17, 15) is 4.79 Å². The third kappa shape index (κ3) is 5.26. The van der Waals surface area contributed by atoms with Crippen LogP contribution in [0.25, 0.3) is 0 Å². The maximum atomic E-state index is 12.0. The van der Waals surface area contributed by atoms with Gasteiger partial charge in [-0.2, -0.15) is 11.8 Å². The Labute approximate surface area is 126 Å². The zero-order valence-corrected chi connectivity index (χ0v) is 13.3. The minimum atomic E-state index is 0.141. The molecule has 1 saturated carbocycles. The molecule has 2 aliphatic rings. The van der Waals surface area contributed by atoms with Crippen LogP contribution in [-0.2, 0) is 9.53 Å². The first-order valence-electron chi connectivity index (χ1n) is 8.01. The van der Waals surface area contributed by atoms with Crippen LogP contribution in [0.1, 0.15) is 45.4 Å². The van der Waals surface area contributed by atoms with Crippen molar-refractivity contribution in [2.45, 2.75) is 62.8 Å². The molecule has 116 valence electrons. The molecule has 2 N–H and O–H groups in total. The first kappa shape index (κ1) is 16.1. The number of hydrogen-bond donors (Lipinski definition) is 2. The molecule has 5 heteroatoms. The fourth-order valence-electron chi connectivity index (χ4n) is 3.09. The number of ether oxygens (including phenoxy) is 1. The van der Waals surface area contributed by atoms with E-state index in [1.165, 1.54) is 25.7 Å². The Balaban J connectivity index is 1.68. The predicted octanol–water partition coefficient (Wildman–Crippen LogP) is 1.94. The highest BCUT2D eigenvalue weighted by molar-refractivity contribution is 7.99. The van der Waals surface area contributed by atoms with Gasteiger partial charge in [-0.1, -0.05) is 19.8 Å². The second kappa shape index (κ2) is 8.90. The van der Waals surface area contributed by atoms with Crippen molar-refractivity contribution < 1.29 is 9.53 Å². The lowest BCUT2D eigenvalue weighted by Gasteiger charge is -2.32. The smallest absolute Gasteiger partial charge is 0.234 e. The van der Waals surface area contributed by atoms with Crippen LogP contribution in [0, 0.1) is 0 Å². The number of nitrogens with one attached hydrogen (secondary N) is 2. The van der Waals surface area contributed by atoms with Gasteiger partial charge in [-0.05, 0) is 31.4 Å². The van der Waals surface area contributed by atoms with Crippen LogP contribution in [-0.4, -0.2) is 48.8 Å². The highest BCUT2D eigenvalue weighted by Crippen LogP contribution is 2.28. The zero-order valence-electron chi connectivity index (χ0n) is 12.5. The van der Waals surface area contributed by atoms with Crippen molar-refractivity contribution in [2.24, 2.45) is 0 Å². The molecule has 0 radical (unpaired) electrons. The molecule has 2 unspecified atom stereocenters. The van der Waals surface area contributed by atoms with Crippen LogP contribution >= 0.6 is 11.8 Å². The Morgan fingerprint density at radius 2 is 1.95 bits per heavy atom. The number of rotatable bonds is 6. The van der Waals surface area contributed by atoms with E-state index in [1.807, 2.05) is 11.8 Å². The van der Waals surface area contributed by atoms with Gasteiger partial charge in [-0.15, -0.1) is 0 Å². The van der Waals surface area contributed by atoms with Gasteiger partial charge in [0, 0.05) is 30.5 Å². The number of thioether (sulfide) groups is 1. The third-order valence-corrected chi connectivity index (χ3v) is 5.52. The van der Waals surface area contributed by atoms with Gasteiger partial charge < -0.3 is 15.4 Å². The fourth-order valence-corrected chi connectivity index (χ4v) is 4.31. The highest BCUT2D eigenvalue weighted by Gasteiger charge is 2.25. The van der Waals surface area contributed by atoms with E-state index in [2.05, 4.69) is 17.6 Å². The van der Waals surface area contributed by atoms with Crippen molar-refractivity contribution in [2.75, 3.05) is 25.5 Å². The number of hydrogen-bond acceptors (Lipinski definition) is 4. The molecule has 20 heavy (non-hydrogen) atoms. The molecule has 1 aliphatic carbocycles. The summed E-state index contributed by atoms with van der Waals surface area (Å²) in [5.41, 5.74) is 0. The van der Waals surface area contributed by atoms with E-state index in [0.29, 0.717) is 23.9 Å². The molecule has 0 spiro atoms. The molecule has 0 bridgehead atoms. The van der Waals surface area contributed by atoms with Crippen LogP contribution in [0.5, 0.6) is 0 Å². The summed E-state index contributed by atoms with van der Waals surface area (Å²) in [5, 5.41) is 7.28. The van der Waals surface area contributed by atoms with Crippen LogP contribution < -0.4 is 10.6 Å². The quantitative estimate of drug-likeness (QED) is 0.787. The van der Waals surface area contributed by atoms with Gasteiger partial charge in [-0.3, -0.25) is 4.79 Å². The number of carbonyl (C=O) groups excluding carboxylic acids is 1. The standard InChI is InChI=1S/C15H28N2O2S/c1-2-20-14-6-4-3-5-13(14)16-11-15(18)17-12-7-9-19-10-8-12/h12-14,16H,2-11H2,1H3,(H,17,18). The molecule has 0 aromatic carbocycles. The lowest BCUT2D eigenvalue weighted by atomic mass is 9.95. The lowest BCUT2D eigenvalue weighted by molar-refractivity contribution is -0.121. The van der Waals surface area contributed by atoms with Crippen LogP contribution in [0.4, 0.5) is 0 Å². The molecule has 4 nitrogen and oxygen atoms in total. The van der Waals surface area contributed by atoms with Crippen molar-refractivity contribution in [3.8, 4) is 0 Å². The summed E-state index contributed by atoms with van der Waals surface area (Å²) < 4.78 is 5.31. The fraction of sp³-hybridized carbons (Fsp3) is 0.933. The van der Waals surface area contributed by atoms with Crippen molar-refractivity contribution in [3.63, 3.8) is 0 Å². The summed E-state index contributed by atoms with van der Waals surface area (Å²) in [5.74, 6) is 1.31.